The molecular weight excluding hydrogens is 380 g/mol. The van der Waals surface area contributed by atoms with Gasteiger partial charge in [-0.1, -0.05) is 41.9 Å². The molecule has 2 aromatic rings. The summed E-state index contributed by atoms with van der Waals surface area (Å²) in [7, 11) is 0. The summed E-state index contributed by atoms with van der Waals surface area (Å²) in [6.45, 7) is 0.645. The molecule has 1 aliphatic rings. The highest BCUT2D eigenvalue weighted by Crippen LogP contribution is 2.26. The van der Waals surface area contributed by atoms with Gasteiger partial charge in [0.25, 0.3) is 17.7 Å². The summed E-state index contributed by atoms with van der Waals surface area (Å²) in [5.41, 5.74) is 7.22. The van der Waals surface area contributed by atoms with Crippen molar-refractivity contribution in [1.29, 1.82) is 0 Å². The van der Waals surface area contributed by atoms with E-state index in [1.165, 1.54) is 5.56 Å². The highest BCUT2D eigenvalue weighted by Gasteiger charge is 2.19. The number of hydrazine groups is 1. The van der Waals surface area contributed by atoms with E-state index in [9.17, 15) is 14.4 Å². The largest absolute Gasteiger partial charge is 0.362 e. The number of carbonyl (C=O) groups excluding carboxylic acids is 3. The van der Waals surface area contributed by atoms with E-state index in [1.54, 1.807) is 24.3 Å². The number of hydrogen-bond donors (Lipinski definition) is 3. The lowest BCUT2D eigenvalue weighted by atomic mass is 10.0. The Kier molecular flexibility index (Phi) is 6.49. The van der Waals surface area contributed by atoms with Crippen molar-refractivity contribution in [2.45, 2.75) is 12.8 Å². The van der Waals surface area contributed by atoms with Crippen molar-refractivity contribution in [3.05, 3.63) is 64.7 Å². The summed E-state index contributed by atoms with van der Waals surface area (Å²) in [6.07, 6.45) is 1.97. The molecule has 0 saturated carbocycles. The fourth-order valence-corrected chi connectivity index (χ4v) is 3.29. The third-order valence-corrected chi connectivity index (χ3v) is 4.74. The Morgan fingerprint density at radius 1 is 0.964 bits per heavy atom. The standard InChI is InChI=1S/C20H21ClN4O3/c21-16-9-3-2-8-15(16)20(28)22-12-18(26)23-24-19(27)13-25-11-5-7-14-6-1-4-10-17(14)25/h1-4,6,8-10H,5,7,11-13H2,(H,22,28)(H,23,26)(H,24,27). The first-order valence-electron chi connectivity index (χ1n) is 8.98. The quantitative estimate of drug-likeness (QED) is 0.666. The molecule has 1 heterocycles. The molecule has 0 radical (unpaired) electrons. The average Bonchev–Trinajstić information content (AvgIpc) is 2.71. The van der Waals surface area contributed by atoms with Crippen molar-refractivity contribution in [2.75, 3.05) is 24.5 Å². The normalized spacial score (nSPS) is 12.7. The van der Waals surface area contributed by atoms with E-state index in [1.807, 2.05) is 23.1 Å². The fourth-order valence-electron chi connectivity index (χ4n) is 3.07. The van der Waals surface area contributed by atoms with Crippen molar-refractivity contribution in [1.82, 2.24) is 16.2 Å². The number of benzene rings is 2. The summed E-state index contributed by atoms with van der Waals surface area (Å²) in [5, 5.41) is 2.76. The minimum atomic E-state index is -0.534. The molecule has 0 spiro atoms. The maximum absolute atomic E-state index is 12.2. The van der Waals surface area contributed by atoms with Crippen LogP contribution in [0.4, 0.5) is 5.69 Å². The molecule has 3 amide bonds. The minimum absolute atomic E-state index is 0.142. The van der Waals surface area contributed by atoms with Crippen LogP contribution in [0.3, 0.4) is 0 Å². The van der Waals surface area contributed by atoms with E-state index >= 15 is 0 Å². The second kappa shape index (κ2) is 9.23. The predicted octanol–water partition coefficient (Wildman–Crippen LogP) is 1.67. The van der Waals surface area contributed by atoms with Crippen LogP contribution in [0.15, 0.2) is 48.5 Å². The third-order valence-electron chi connectivity index (χ3n) is 4.41. The SMILES string of the molecule is O=C(CNC(=O)c1ccccc1Cl)NNC(=O)CN1CCCc2ccccc21. The van der Waals surface area contributed by atoms with Crippen LogP contribution in [0, 0.1) is 0 Å². The van der Waals surface area contributed by atoms with Gasteiger partial charge in [0.05, 0.1) is 23.7 Å². The summed E-state index contributed by atoms with van der Waals surface area (Å²) in [4.78, 5) is 38.0. The molecule has 3 N–H and O–H groups in total. The first kappa shape index (κ1) is 19.7. The Bertz CT molecular complexity index is 887. The van der Waals surface area contributed by atoms with Crippen LogP contribution in [0.5, 0.6) is 0 Å². The van der Waals surface area contributed by atoms with Gasteiger partial charge in [0, 0.05) is 12.2 Å². The number of para-hydroxylation sites is 1. The summed E-state index contributed by atoms with van der Waals surface area (Å²) >= 11 is 5.94. The van der Waals surface area contributed by atoms with E-state index in [0.29, 0.717) is 5.02 Å². The number of halogens is 1. The number of fused-ring (bicyclic) bond motifs is 1. The van der Waals surface area contributed by atoms with Gasteiger partial charge >= 0.3 is 0 Å². The van der Waals surface area contributed by atoms with Crippen LogP contribution < -0.4 is 21.1 Å². The Hall–Kier alpha value is -3.06. The van der Waals surface area contributed by atoms with Crippen LogP contribution in [0.2, 0.25) is 5.02 Å². The number of nitrogens with one attached hydrogen (secondary N) is 3. The van der Waals surface area contributed by atoms with Crippen molar-refractivity contribution in [2.24, 2.45) is 0 Å². The van der Waals surface area contributed by atoms with E-state index < -0.39 is 11.8 Å². The lowest BCUT2D eigenvalue weighted by Crippen LogP contribution is -2.50. The molecular formula is C20H21ClN4O3. The summed E-state index contributed by atoms with van der Waals surface area (Å²) in [6, 6.07) is 14.5. The zero-order valence-corrected chi connectivity index (χ0v) is 16.0. The zero-order valence-electron chi connectivity index (χ0n) is 15.2. The van der Waals surface area contributed by atoms with Gasteiger partial charge in [-0.25, -0.2) is 0 Å². The van der Waals surface area contributed by atoms with Gasteiger partial charge in [0.1, 0.15) is 0 Å². The first-order chi connectivity index (χ1) is 13.5. The molecule has 2 aromatic carbocycles. The Morgan fingerprint density at radius 3 is 2.50 bits per heavy atom. The topological polar surface area (TPSA) is 90.5 Å². The smallest absolute Gasteiger partial charge is 0.257 e. The Balaban J connectivity index is 1.43. The highest BCUT2D eigenvalue weighted by atomic mass is 35.5. The van der Waals surface area contributed by atoms with Gasteiger partial charge in [-0.3, -0.25) is 25.2 Å². The van der Waals surface area contributed by atoms with Crippen molar-refractivity contribution in [3.8, 4) is 0 Å². The molecule has 0 saturated heterocycles. The lowest BCUT2D eigenvalue weighted by molar-refractivity contribution is -0.127. The van der Waals surface area contributed by atoms with Gasteiger partial charge in [-0.15, -0.1) is 0 Å². The lowest BCUT2D eigenvalue weighted by Gasteiger charge is -2.30. The predicted molar refractivity (Wildman–Crippen MR) is 107 cm³/mol. The van der Waals surface area contributed by atoms with Gasteiger partial charge in [-0.05, 0) is 36.6 Å². The third kappa shape index (κ3) is 5.01. The molecule has 8 heteroatoms. The summed E-state index contributed by atoms with van der Waals surface area (Å²) < 4.78 is 0. The minimum Gasteiger partial charge on any atom is -0.362 e. The second-order valence-corrected chi connectivity index (χ2v) is 6.82. The molecule has 1 aliphatic heterocycles. The molecule has 0 fully saturated rings. The first-order valence-corrected chi connectivity index (χ1v) is 9.35. The van der Waals surface area contributed by atoms with Crippen LogP contribution in [0.25, 0.3) is 0 Å². The Morgan fingerprint density at radius 2 is 1.68 bits per heavy atom. The van der Waals surface area contributed by atoms with Gasteiger partial charge in [-0.2, -0.15) is 0 Å². The number of nitrogens with zero attached hydrogens (tertiary/aromatic N) is 1. The van der Waals surface area contributed by atoms with Crippen LogP contribution in [0.1, 0.15) is 22.3 Å². The average molecular weight is 401 g/mol. The molecule has 0 unspecified atom stereocenters. The molecule has 0 atom stereocenters. The molecule has 7 nitrogen and oxygen atoms in total. The number of amides is 3. The van der Waals surface area contributed by atoms with Crippen molar-refractivity contribution >= 4 is 35.0 Å². The van der Waals surface area contributed by atoms with Gasteiger partial charge in [0.15, 0.2) is 0 Å². The molecule has 3 rings (SSSR count). The number of rotatable bonds is 5. The number of aryl methyl sites for hydroxylation is 1. The number of carbonyl (C=O) groups is 3. The van der Waals surface area contributed by atoms with Crippen LogP contribution in [-0.2, 0) is 16.0 Å². The van der Waals surface area contributed by atoms with Crippen LogP contribution in [-0.4, -0.2) is 37.4 Å². The molecule has 28 heavy (non-hydrogen) atoms. The van der Waals surface area contributed by atoms with Crippen molar-refractivity contribution in [3.63, 3.8) is 0 Å². The maximum atomic E-state index is 12.2. The fraction of sp³-hybridized carbons (Fsp3) is 0.250. The van der Waals surface area contributed by atoms with E-state index in [0.717, 1.165) is 25.1 Å². The Labute approximate surface area is 168 Å². The molecule has 0 aliphatic carbocycles. The van der Waals surface area contributed by atoms with E-state index in [2.05, 4.69) is 22.2 Å². The molecule has 0 aromatic heterocycles. The van der Waals surface area contributed by atoms with Gasteiger partial charge < -0.3 is 10.2 Å². The summed E-state index contributed by atoms with van der Waals surface area (Å²) in [5.74, 6) is -1.33. The van der Waals surface area contributed by atoms with Crippen LogP contribution >= 0.6 is 11.6 Å². The highest BCUT2D eigenvalue weighted by molar-refractivity contribution is 6.33. The number of hydrogen-bond acceptors (Lipinski definition) is 4. The molecule has 0 bridgehead atoms. The second-order valence-electron chi connectivity index (χ2n) is 6.41. The van der Waals surface area contributed by atoms with Gasteiger partial charge in [0.2, 0.25) is 0 Å². The zero-order chi connectivity index (χ0) is 19.9. The monoisotopic (exact) mass is 400 g/mol. The number of anilines is 1. The van der Waals surface area contributed by atoms with E-state index in [4.69, 9.17) is 11.6 Å². The van der Waals surface area contributed by atoms with Crippen molar-refractivity contribution < 1.29 is 14.4 Å². The molecule has 146 valence electrons. The van der Waals surface area contributed by atoms with E-state index in [-0.39, 0.29) is 24.6 Å². The maximum Gasteiger partial charge on any atom is 0.257 e.